The Morgan fingerprint density at radius 1 is 0.700 bits per heavy atom. The highest BCUT2D eigenvalue weighted by atomic mass is 19.4. The quantitative estimate of drug-likeness (QED) is 0.0870. The number of hydrogen-bond donors (Lipinski definition) is 0. The van der Waals surface area contributed by atoms with Gasteiger partial charge in [-0.3, -0.25) is 0 Å². The first-order valence-electron chi connectivity index (χ1n) is 11.8. The van der Waals surface area contributed by atoms with E-state index in [-0.39, 0.29) is 12.0 Å². The summed E-state index contributed by atoms with van der Waals surface area (Å²) in [6.45, 7) is 6.61. The minimum Gasteiger partial charge on any atom is -0.416 e. The van der Waals surface area contributed by atoms with E-state index in [1.54, 1.807) is 0 Å². The number of esters is 1. The Morgan fingerprint density at radius 2 is 1.03 bits per heavy atom. The fourth-order valence-electron chi connectivity index (χ4n) is 3.39. The van der Waals surface area contributed by atoms with Gasteiger partial charge in [0.2, 0.25) is 0 Å². The van der Waals surface area contributed by atoms with Crippen LogP contribution in [0.25, 0.3) is 0 Å². The summed E-state index contributed by atoms with van der Waals surface area (Å²) in [5, 5.41) is 0. The Kier molecular flexibility index (Phi) is 16.0. The van der Waals surface area contributed by atoms with Crippen molar-refractivity contribution in [1.29, 1.82) is 0 Å². The van der Waals surface area contributed by atoms with Gasteiger partial charge in [-0.05, 0) is 13.3 Å². The fraction of sp³-hybridized carbons (Fsp3) is 0.875. The van der Waals surface area contributed by atoms with Crippen LogP contribution >= 0.6 is 0 Å². The monoisotopic (exact) mass is 438 g/mol. The topological polar surface area (TPSA) is 26.3 Å². The van der Waals surface area contributed by atoms with Gasteiger partial charge in [-0.15, -0.1) is 0 Å². The van der Waals surface area contributed by atoms with Gasteiger partial charge < -0.3 is 4.74 Å². The van der Waals surface area contributed by atoms with Gasteiger partial charge in [0, 0.05) is 12.0 Å². The average Bonchev–Trinajstić information content (AvgIpc) is 2.66. The van der Waals surface area contributed by atoms with Crippen LogP contribution in [0, 0.1) is 0 Å². The Morgan fingerprint density at radius 3 is 1.33 bits per heavy atom. The van der Waals surface area contributed by atoms with Gasteiger partial charge in [0.05, 0.1) is 0 Å². The number of unbranched alkanes of at least 4 members (excludes halogenated alkanes) is 15. The second-order valence-corrected chi connectivity index (χ2v) is 8.45. The van der Waals surface area contributed by atoms with Crippen LogP contribution in [0.1, 0.15) is 123 Å². The Labute approximate surface area is 180 Å². The lowest BCUT2D eigenvalue weighted by atomic mass is 10.0. The van der Waals surface area contributed by atoms with E-state index in [0.717, 1.165) is 25.7 Å². The molecule has 0 aliphatic heterocycles. The zero-order valence-corrected chi connectivity index (χ0v) is 19.1. The summed E-state index contributed by atoms with van der Waals surface area (Å²) in [6.07, 6.45) is 11.4. The van der Waals surface area contributed by atoms with Crippen molar-refractivity contribution in [3.63, 3.8) is 0 Å². The highest BCUT2D eigenvalue weighted by molar-refractivity contribution is 5.87. The first-order valence-corrected chi connectivity index (χ1v) is 11.8. The second-order valence-electron chi connectivity index (χ2n) is 8.45. The molecule has 0 fully saturated rings. The molecule has 0 amide bonds. The van der Waals surface area contributed by atoms with Gasteiger partial charge in [-0.25, -0.2) is 4.79 Å². The Bertz CT molecular complexity index is 463. The third-order valence-electron chi connectivity index (χ3n) is 5.38. The number of carbonyl (C=O) groups is 1. The normalized spacial score (nSPS) is 13.8. The molecule has 0 aromatic carbocycles. The van der Waals surface area contributed by atoms with Crippen molar-refractivity contribution in [2.24, 2.45) is 0 Å². The molecular weight excluding hydrogens is 396 g/mol. The number of alkyl halides is 4. The summed E-state index contributed by atoms with van der Waals surface area (Å²) in [5.41, 5.74) is -0.256. The molecule has 2 nitrogen and oxygen atoms in total. The molecule has 1 unspecified atom stereocenters. The zero-order chi connectivity index (χ0) is 22.9. The molecule has 0 aromatic heterocycles. The van der Waals surface area contributed by atoms with Gasteiger partial charge >= 0.3 is 18.0 Å². The highest BCUT2D eigenvalue weighted by Gasteiger charge is 2.59. The van der Waals surface area contributed by atoms with Crippen molar-refractivity contribution in [3.05, 3.63) is 12.2 Å². The van der Waals surface area contributed by atoms with Crippen LogP contribution in [0.4, 0.5) is 17.6 Å². The molecule has 0 aliphatic carbocycles. The molecule has 0 saturated heterocycles. The molecule has 0 N–H and O–H groups in total. The summed E-state index contributed by atoms with van der Waals surface area (Å²) in [6, 6.07) is 0. The van der Waals surface area contributed by atoms with Crippen molar-refractivity contribution < 1.29 is 27.1 Å². The molecule has 178 valence electrons. The molecule has 0 rings (SSSR count). The molecule has 0 saturated carbocycles. The van der Waals surface area contributed by atoms with E-state index in [1.165, 1.54) is 71.1 Å². The number of rotatable bonds is 19. The minimum atomic E-state index is -5.24. The summed E-state index contributed by atoms with van der Waals surface area (Å²) >= 11 is 0. The maximum atomic E-state index is 14.2. The molecule has 0 aromatic rings. The third kappa shape index (κ3) is 14.0. The smallest absolute Gasteiger partial charge is 0.416 e. The van der Waals surface area contributed by atoms with Crippen LogP contribution in [-0.4, -0.2) is 18.0 Å². The summed E-state index contributed by atoms with van der Waals surface area (Å²) in [4.78, 5) is 11.3. The van der Waals surface area contributed by atoms with E-state index in [2.05, 4.69) is 18.2 Å². The SMILES string of the molecule is C=C(C)C(=O)OC(F)(CCCCCCCCCCCCCCCCCC)C(F)(F)F. The van der Waals surface area contributed by atoms with Crippen LogP contribution in [0.2, 0.25) is 0 Å². The molecule has 0 aliphatic rings. The van der Waals surface area contributed by atoms with E-state index in [9.17, 15) is 22.4 Å². The van der Waals surface area contributed by atoms with Gasteiger partial charge in [0.1, 0.15) is 0 Å². The Balaban J connectivity index is 3.69. The Hall–Kier alpha value is -1.07. The lowest BCUT2D eigenvalue weighted by molar-refractivity contribution is -0.321. The fourth-order valence-corrected chi connectivity index (χ4v) is 3.39. The molecule has 6 heteroatoms. The molecule has 0 bridgehead atoms. The molecular formula is C24H42F4O2. The van der Waals surface area contributed by atoms with Crippen molar-refractivity contribution in [3.8, 4) is 0 Å². The van der Waals surface area contributed by atoms with E-state index >= 15 is 0 Å². The number of halogens is 4. The van der Waals surface area contributed by atoms with Crippen molar-refractivity contribution in [1.82, 2.24) is 0 Å². The average molecular weight is 439 g/mol. The summed E-state index contributed by atoms with van der Waals surface area (Å²) in [5.74, 6) is -5.29. The molecule has 30 heavy (non-hydrogen) atoms. The van der Waals surface area contributed by atoms with E-state index in [1.807, 2.05) is 0 Å². The van der Waals surface area contributed by atoms with Gasteiger partial charge in [0.25, 0.3) is 0 Å². The first-order chi connectivity index (χ1) is 14.1. The highest BCUT2D eigenvalue weighted by Crippen LogP contribution is 2.39. The zero-order valence-electron chi connectivity index (χ0n) is 19.1. The standard InChI is InChI=1S/C24H42F4O2/c1-4-5-6-7-8-9-10-11-12-13-14-15-16-17-18-19-20-23(25,24(26,27)28)30-22(29)21(2)3/h2,4-20H2,1,3H3. The van der Waals surface area contributed by atoms with E-state index in [4.69, 9.17) is 0 Å². The van der Waals surface area contributed by atoms with Crippen LogP contribution in [-0.2, 0) is 9.53 Å². The number of hydrogen-bond acceptors (Lipinski definition) is 2. The minimum absolute atomic E-state index is 0.0255. The summed E-state index contributed by atoms with van der Waals surface area (Å²) in [7, 11) is 0. The molecule has 0 heterocycles. The van der Waals surface area contributed by atoms with Crippen molar-refractivity contribution in [2.75, 3.05) is 0 Å². The van der Waals surface area contributed by atoms with Crippen LogP contribution in [0.5, 0.6) is 0 Å². The molecule has 0 spiro atoms. The van der Waals surface area contributed by atoms with Gasteiger partial charge in [-0.2, -0.15) is 17.6 Å². The predicted octanol–water partition coefficient (Wildman–Crippen LogP) is 8.99. The maximum absolute atomic E-state index is 14.2. The largest absolute Gasteiger partial charge is 0.460 e. The third-order valence-corrected chi connectivity index (χ3v) is 5.38. The van der Waals surface area contributed by atoms with Crippen LogP contribution in [0.3, 0.4) is 0 Å². The van der Waals surface area contributed by atoms with Crippen molar-refractivity contribution >= 4 is 5.97 Å². The molecule has 0 radical (unpaired) electrons. The lowest BCUT2D eigenvalue weighted by Crippen LogP contribution is -2.45. The van der Waals surface area contributed by atoms with Gasteiger partial charge in [-0.1, -0.05) is 110 Å². The summed E-state index contributed by atoms with van der Waals surface area (Å²) < 4.78 is 57.1. The molecule has 1 atom stereocenters. The maximum Gasteiger partial charge on any atom is 0.460 e. The second kappa shape index (κ2) is 16.6. The number of carbonyl (C=O) groups excluding carboxylic acids is 1. The van der Waals surface area contributed by atoms with Gasteiger partial charge in [0.15, 0.2) is 0 Å². The van der Waals surface area contributed by atoms with Crippen LogP contribution in [0.15, 0.2) is 12.2 Å². The predicted molar refractivity (Wildman–Crippen MR) is 115 cm³/mol. The number of ether oxygens (including phenoxy) is 1. The van der Waals surface area contributed by atoms with Crippen molar-refractivity contribution in [2.45, 2.75) is 135 Å². The van der Waals surface area contributed by atoms with E-state index in [0.29, 0.717) is 6.42 Å². The van der Waals surface area contributed by atoms with Crippen LogP contribution < -0.4 is 0 Å². The van der Waals surface area contributed by atoms with E-state index < -0.39 is 24.4 Å². The first kappa shape index (κ1) is 28.9. The lowest BCUT2D eigenvalue weighted by Gasteiger charge is -2.27.